The SMILES string of the molecule is O=C1[C@@H]2[C@H]3C=C[C@@H]([C@@H]4C[C@H]34)[C@H]2C(=O)N1c1cc(Cl)ccn1. The first-order chi connectivity index (χ1) is 10.2. The second kappa shape index (κ2) is 3.74. The van der Waals surface area contributed by atoms with Crippen LogP contribution in [0.4, 0.5) is 5.82 Å². The van der Waals surface area contributed by atoms with Gasteiger partial charge in [0.1, 0.15) is 5.82 Å². The minimum atomic E-state index is -0.183. The molecule has 0 unspecified atom stereocenters. The van der Waals surface area contributed by atoms with Gasteiger partial charge in [-0.05, 0) is 36.2 Å². The summed E-state index contributed by atoms with van der Waals surface area (Å²) in [5.74, 6) is 1.52. The fraction of sp³-hybridized carbons (Fsp3) is 0.438. The molecule has 2 saturated carbocycles. The number of hydrogen-bond acceptors (Lipinski definition) is 3. The molecule has 1 aromatic heterocycles. The fourth-order valence-corrected chi connectivity index (χ4v) is 4.85. The van der Waals surface area contributed by atoms with Crippen LogP contribution in [0.25, 0.3) is 0 Å². The number of anilines is 1. The average Bonchev–Trinajstić information content (AvgIpc) is 3.24. The maximum absolute atomic E-state index is 12.8. The number of nitrogens with zero attached hydrogens (tertiary/aromatic N) is 2. The molecule has 6 rings (SSSR count). The molecule has 1 saturated heterocycles. The molecule has 0 radical (unpaired) electrons. The summed E-state index contributed by atoms with van der Waals surface area (Å²) in [6, 6.07) is 3.23. The smallest absolute Gasteiger partial charge is 0.239 e. The zero-order valence-corrected chi connectivity index (χ0v) is 11.9. The van der Waals surface area contributed by atoms with Crippen LogP contribution in [0, 0.1) is 35.5 Å². The normalized spacial score (nSPS) is 42.2. The first kappa shape index (κ1) is 11.9. The molecule has 6 atom stereocenters. The molecule has 3 fully saturated rings. The number of aromatic nitrogens is 1. The lowest BCUT2D eigenvalue weighted by Crippen LogP contribution is -2.40. The molecule has 2 amide bonds. The second-order valence-electron chi connectivity index (χ2n) is 6.50. The van der Waals surface area contributed by atoms with Crippen molar-refractivity contribution >= 4 is 29.2 Å². The Morgan fingerprint density at radius 1 is 1.10 bits per heavy atom. The van der Waals surface area contributed by atoms with Gasteiger partial charge in [0.15, 0.2) is 0 Å². The summed E-state index contributed by atoms with van der Waals surface area (Å²) >= 11 is 5.97. The lowest BCUT2D eigenvalue weighted by Gasteiger charge is -2.37. The van der Waals surface area contributed by atoms with Gasteiger partial charge in [0, 0.05) is 17.3 Å². The first-order valence-corrected chi connectivity index (χ1v) is 7.72. The van der Waals surface area contributed by atoms with E-state index in [1.54, 1.807) is 12.1 Å². The summed E-state index contributed by atoms with van der Waals surface area (Å²) in [4.78, 5) is 31.0. The van der Waals surface area contributed by atoms with Crippen LogP contribution < -0.4 is 4.90 Å². The summed E-state index contributed by atoms with van der Waals surface area (Å²) in [5, 5.41) is 0.486. The predicted octanol–water partition coefficient (Wildman–Crippen LogP) is 2.29. The Kier molecular flexibility index (Phi) is 2.12. The Hall–Kier alpha value is -1.68. The van der Waals surface area contributed by atoms with Gasteiger partial charge in [-0.15, -0.1) is 0 Å². The number of allylic oxidation sites excluding steroid dienone is 2. The zero-order valence-electron chi connectivity index (χ0n) is 11.1. The van der Waals surface area contributed by atoms with Crippen molar-refractivity contribution in [3.05, 3.63) is 35.5 Å². The van der Waals surface area contributed by atoms with Crippen LogP contribution >= 0.6 is 11.6 Å². The van der Waals surface area contributed by atoms with Gasteiger partial charge < -0.3 is 0 Å². The molecule has 0 N–H and O–H groups in total. The number of carbonyl (C=O) groups excluding carboxylic acids is 2. The van der Waals surface area contributed by atoms with Crippen molar-refractivity contribution in [1.29, 1.82) is 0 Å². The van der Waals surface area contributed by atoms with Gasteiger partial charge >= 0.3 is 0 Å². The molecule has 4 nitrogen and oxygen atoms in total. The summed E-state index contributed by atoms with van der Waals surface area (Å²) in [6.45, 7) is 0. The minimum Gasteiger partial charge on any atom is -0.274 e. The Morgan fingerprint density at radius 3 is 2.29 bits per heavy atom. The minimum absolute atomic E-state index is 0.0931. The Bertz CT molecular complexity index is 680. The molecule has 1 aromatic rings. The van der Waals surface area contributed by atoms with Crippen molar-refractivity contribution < 1.29 is 9.59 Å². The summed E-state index contributed by atoms with van der Waals surface area (Å²) in [6.07, 6.45) is 7.04. The van der Waals surface area contributed by atoms with Crippen LogP contribution in [0.2, 0.25) is 5.02 Å². The van der Waals surface area contributed by atoms with Gasteiger partial charge in [-0.1, -0.05) is 23.8 Å². The molecule has 2 heterocycles. The van der Waals surface area contributed by atoms with E-state index in [1.165, 1.54) is 17.5 Å². The Balaban J connectivity index is 1.60. The predicted molar refractivity (Wildman–Crippen MR) is 76.4 cm³/mol. The van der Waals surface area contributed by atoms with Crippen molar-refractivity contribution in [2.45, 2.75) is 6.42 Å². The molecule has 1 aliphatic heterocycles. The standard InChI is InChI=1S/C16H13ClN2O2/c17-7-3-4-18-12(5-7)19-15(20)13-8-1-2-9(11-6-10(8)11)14(13)16(19)21/h1-5,8-11,13-14H,6H2/t8-,9-,10-,11+,13+,14+/m0/s1. The third kappa shape index (κ3) is 1.39. The largest absolute Gasteiger partial charge is 0.274 e. The van der Waals surface area contributed by atoms with E-state index in [2.05, 4.69) is 17.1 Å². The molecule has 5 heteroatoms. The van der Waals surface area contributed by atoms with Gasteiger partial charge in [-0.2, -0.15) is 0 Å². The highest BCUT2D eigenvalue weighted by Gasteiger charge is 2.67. The van der Waals surface area contributed by atoms with Crippen molar-refractivity contribution in [3.63, 3.8) is 0 Å². The highest BCUT2D eigenvalue weighted by atomic mass is 35.5. The van der Waals surface area contributed by atoms with E-state index < -0.39 is 0 Å². The lowest BCUT2D eigenvalue weighted by atomic mass is 9.63. The van der Waals surface area contributed by atoms with E-state index >= 15 is 0 Å². The van der Waals surface area contributed by atoms with E-state index in [1.807, 2.05) is 0 Å². The number of hydrogen-bond donors (Lipinski definition) is 0. The molecule has 0 aromatic carbocycles. The number of imide groups is 1. The van der Waals surface area contributed by atoms with E-state index in [-0.39, 0.29) is 35.5 Å². The molecular formula is C16H13ClN2O2. The van der Waals surface area contributed by atoms with Gasteiger partial charge in [0.05, 0.1) is 11.8 Å². The highest BCUT2D eigenvalue weighted by Crippen LogP contribution is 2.65. The van der Waals surface area contributed by atoms with Gasteiger partial charge in [0.2, 0.25) is 11.8 Å². The van der Waals surface area contributed by atoms with E-state index in [0.717, 1.165) is 0 Å². The summed E-state index contributed by atoms with van der Waals surface area (Å²) in [5.41, 5.74) is 0. The van der Waals surface area contributed by atoms with Crippen LogP contribution in [0.15, 0.2) is 30.5 Å². The number of amides is 2. The fourth-order valence-electron chi connectivity index (χ4n) is 4.70. The van der Waals surface area contributed by atoms with Crippen LogP contribution in [0.1, 0.15) is 6.42 Å². The molecule has 5 aliphatic rings. The highest BCUT2D eigenvalue weighted by molar-refractivity contribution is 6.31. The topological polar surface area (TPSA) is 50.3 Å². The molecule has 21 heavy (non-hydrogen) atoms. The first-order valence-electron chi connectivity index (χ1n) is 7.34. The number of pyridine rings is 1. The van der Waals surface area contributed by atoms with Crippen LogP contribution in [0.5, 0.6) is 0 Å². The summed E-state index contributed by atoms with van der Waals surface area (Å²) in [7, 11) is 0. The van der Waals surface area contributed by atoms with Crippen LogP contribution in [0.3, 0.4) is 0 Å². The number of halogens is 1. The molecular weight excluding hydrogens is 288 g/mol. The average molecular weight is 301 g/mol. The molecule has 0 spiro atoms. The molecule has 2 bridgehead atoms. The van der Waals surface area contributed by atoms with Crippen LogP contribution in [-0.4, -0.2) is 16.8 Å². The lowest BCUT2D eigenvalue weighted by molar-refractivity contribution is -0.124. The van der Waals surface area contributed by atoms with Crippen molar-refractivity contribution in [2.75, 3.05) is 4.90 Å². The number of carbonyl (C=O) groups is 2. The zero-order chi connectivity index (χ0) is 14.3. The van der Waals surface area contributed by atoms with Crippen molar-refractivity contribution in [3.8, 4) is 0 Å². The summed E-state index contributed by atoms with van der Waals surface area (Å²) < 4.78 is 0. The van der Waals surface area contributed by atoms with Gasteiger partial charge in [-0.25, -0.2) is 9.88 Å². The maximum atomic E-state index is 12.8. The third-order valence-corrected chi connectivity index (χ3v) is 5.83. The van der Waals surface area contributed by atoms with Crippen molar-refractivity contribution in [2.24, 2.45) is 35.5 Å². The van der Waals surface area contributed by atoms with E-state index in [9.17, 15) is 9.59 Å². The monoisotopic (exact) mass is 300 g/mol. The quantitative estimate of drug-likeness (QED) is 0.590. The van der Waals surface area contributed by atoms with Crippen LogP contribution in [-0.2, 0) is 9.59 Å². The maximum Gasteiger partial charge on any atom is 0.239 e. The Morgan fingerprint density at radius 2 is 1.71 bits per heavy atom. The molecule has 106 valence electrons. The van der Waals surface area contributed by atoms with Gasteiger partial charge in [-0.3, -0.25) is 9.59 Å². The number of rotatable bonds is 1. The molecule has 4 aliphatic carbocycles. The third-order valence-electron chi connectivity index (χ3n) is 5.60. The second-order valence-corrected chi connectivity index (χ2v) is 6.94. The van der Waals surface area contributed by atoms with Gasteiger partial charge in [0.25, 0.3) is 0 Å². The van der Waals surface area contributed by atoms with E-state index in [4.69, 9.17) is 11.6 Å². The Labute approximate surface area is 126 Å². The van der Waals surface area contributed by atoms with E-state index in [0.29, 0.717) is 22.7 Å². The van der Waals surface area contributed by atoms with Crippen molar-refractivity contribution in [1.82, 2.24) is 4.98 Å².